The Morgan fingerprint density at radius 3 is 2.37 bits per heavy atom. The molecule has 0 amide bonds. The molecule has 0 spiro atoms. The van der Waals surface area contributed by atoms with Crippen molar-refractivity contribution in [2.24, 2.45) is 52.3 Å². The lowest BCUT2D eigenvalue weighted by Gasteiger charge is -2.59. The zero-order valence-electron chi connectivity index (χ0n) is 20.3. The first-order chi connectivity index (χ1) is 14.1. The van der Waals surface area contributed by atoms with E-state index in [1.807, 2.05) is 0 Å². The van der Waals surface area contributed by atoms with Gasteiger partial charge in [0.25, 0.3) is 0 Å². The van der Waals surface area contributed by atoms with Crippen LogP contribution in [-0.2, 0) is 0 Å². The highest BCUT2D eigenvalue weighted by Gasteiger charge is 2.60. The van der Waals surface area contributed by atoms with E-state index < -0.39 is 0 Å². The Balaban J connectivity index is 1.57. The summed E-state index contributed by atoms with van der Waals surface area (Å²) in [7, 11) is 0. The normalized spacial score (nSPS) is 48.1. The van der Waals surface area contributed by atoms with Gasteiger partial charge >= 0.3 is 0 Å². The highest BCUT2D eigenvalue weighted by molar-refractivity contribution is 5.28. The van der Waals surface area contributed by atoms with Crippen LogP contribution in [0.5, 0.6) is 0 Å². The van der Waals surface area contributed by atoms with E-state index in [9.17, 15) is 10.2 Å². The molecule has 170 valence electrons. The molecule has 2 nitrogen and oxygen atoms in total. The van der Waals surface area contributed by atoms with E-state index in [0.29, 0.717) is 40.9 Å². The molecule has 0 radical (unpaired) electrons. The van der Waals surface area contributed by atoms with Gasteiger partial charge in [0.2, 0.25) is 0 Å². The van der Waals surface area contributed by atoms with Crippen LogP contribution in [-0.4, -0.2) is 22.4 Å². The third-order valence-electron chi connectivity index (χ3n) is 10.6. The molecular formula is C28H46O2. The van der Waals surface area contributed by atoms with Crippen LogP contribution >= 0.6 is 0 Å². The first-order valence-electron chi connectivity index (χ1n) is 12.8. The molecule has 3 fully saturated rings. The fourth-order valence-electron chi connectivity index (χ4n) is 8.24. The smallest absolute Gasteiger partial charge is 0.0757 e. The summed E-state index contributed by atoms with van der Waals surface area (Å²) in [4.78, 5) is 0. The van der Waals surface area contributed by atoms with Crippen LogP contribution < -0.4 is 0 Å². The minimum absolute atomic E-state index is 0.195. The first kappa shape index (κ1) is 22.6. The van der Waals surface area contributed by atoms with E-state index in [-0.39, 0.29) is 17.6 Å². The van der Waals surface area contributed by atoms with Gasteiger partial charge < -0.3 is 10.2 Å². The topological polar surface area (TPSA) is 40.5 Å². The zero-order chi connectivity index (χ0) is 21.8. The molecule has 0 aromatic rings. The summed E-state index contributed by atoms with van der Waals surface area (Å²) in [6.45, 7) is 14.4. The molecular weight excluding hydrogens is 368 g/mol. The molecule has 4 rings (SSSR count). The van der Waals surface area contributed by atoms with Gasteiger partial charge in [0.05, 0.1) is 12.2 Å². The van der Waals surface area contributed by atoms with Gasteiger partial charge in [-0.25, -0.2) is 0 Å². The predicted octanol–water partition coefficient (Wildman–Crippen LogP) is 6.38. The Morgan fingerprint density at radius 1 is 0.933 bits per heavy atom. The van der Waals surface area contributed by atoms with Gasteiger partial charge in [0.15, 0.2) is 0 Å². The summed E-state index contributed by atoms with van der Waals surface area (Å²) >= 11 is 0. The molecule has 0 aromatic heterocycles. The SMILES string of the molecule is CC(C)[C@H](C)/C=C/[C@@H](C)[C@H]1CC[C@H]2[C@@H]3[C@@H](O)C=C4C[C@@H](O)CC[C@]4(C)[C@H]3CC[C@]12C. The molecule has 3 saturated carbocycles. The zero-order valence-corrected chi connectivity index (χ0v) is 20.3. The highest BCUT2D eigenvalue weighted by Crippen LogP contribution is 2.67. The molecule has 0 aromatic carbocycles. The predicted molar refractivity (Wildman–Crippen MR) is 125 cm³/mol. The summed E-state index contributed by atoms with van der Waals surface area (Å²) in [5.41, 5.74) is 1.90. The molecule has 0 unspecified atom stereocenters. The summed E-state index contributed by atoms with van der Waals surface area (Å²) in [5, 5.41) is 21.5. The maximum absolute atomic E-state index is 11.3. The van der Waals surface area contributed by atoms with Crippen molar-refractivity contribution in [2.45, 2.75) is 98.7 Å². The van der Waals surface area contributed by atoms with Crippen molar-refractivity contribution in [1.29, 1.82) is 0 Å². The number of rotatable bonds is 4. The van der Waals surface area contributed by atoms with Crippen LogP contribution in [0.3, 0.4) is 0 Å². The van der Waals surface area contributed by atoms with Crippen LogP contribution in [0.4, 0.5) is 0 Å². The lowest BCUT2D eigenvalue weighted by molar-refractivity contribution is -0.0950. The van der Waals surface area contributed by atoms with E-state index in [1.54, 1.807) is 0 Å². The largest absolute Gasteiger partial charge is 0.393 e. The van der Waals surface area contributed by atoms with Crippen molar-refractivity contribution in [1.82, 2.24) is 0 Å². The molecule has 4 aliphatic carbocycles. The Morgan fingerprint density at radius 2 is 1.67 bits per heavy atom. The molecule has 0 bridgehead atoms. The van der Waals surface area contributed by atoms with Crippen molar-refractivity contribution in [3.8, 4) is 0 Å². The molecule has 2 heteroatoms. The lowest BCUT2D eigenvalue weighted by Crippen LogP contribution is -2.54. The number of fused-ring (bicyclic) bond motifs is 5. The van der Waals surface area contributed by atoms with Crippen molar-refractivity contribution in [3.05, 3.63) is 23.8 Å². The monoisotopic (exact) mass is 414 g/mol. The van der Waals surface area contributed by atoms with Gasteiger partial charge in [0, 0.05) is 0 Å². The van der Waals surface area contributed by atoms with Crippen LogP contribution in [0, 0.1) is 52.3 Å². The average molecular weight is 415 g/mol. The van der Waals surface area contributed by atoms with Crippen LogP contribution in [0.25, 0.3) is 0 Å². The Hall–Kier alpha value is -0.600. The van der Waals surface area contributed by atoms with Crippen LogP contribution in [0.2, 0.25) is 0 Å². The third-order valence-corrected chi connectivity index (χ3v) is 10.6. The van der Waals surface area contributed by atoms with Gasteiger partial charge in [-0.05, 0) is 97.2 Å². The molecule has 30 heavy (non-hydrogen) atoms. The molecule has 10 atom stereocenters. The minimum atomic E-state index is -0.321. The second-order valence-electron chi connectivity index (χ2n) is 12.4. The lowest BCUT2D eigenvalue weighted by atomic mass is 9.46. The van der Waals surface area contributed by atoms with Crippen molar-refractivity contribution in [3.63, 3.8) is 0 Å². The number of hydrogen-bond donors (Lipinski definition) is 2. The van der Waals surface area contributed by atoms with Gasteiger partial charge in [-0.1, -0.05) is 65.3 Å². The van der Waals surface area contributed by atoms with E-state index in [2.05, 4.69) is 59.8 Å². The molecule has 2 N–H and O–H groups in total. The highest BCUT2D eigenvalue weighted by atomic mass is 16.3. The van der Waals surface area contributed by atoms with Gasteiger partial charge in [-0.3, -0.25) is 0 Å². The molecule has 0 saturated heterocycles. The molecule has 0 aliphatic heterocycles. The maximum atomic E-state index is 11.3. The van der Waals surface area contributed by atoms with Gasteiger partial charge in [-0.2, -0.15) is 0 Å². The maximum Gasteiger partial charge on any atom is 0.0757 e. The van der Waals surface area contributed by atoms with E-state index in [4.69, 9.17) is 0 Å². The fraction of sp³-hybridized carbons (Fsp3) is 0.857. The van der Waals surface area contributed by atoms with Crippen molar-refractivity contribution < 1.29 is 10.2 Å². The average Bonchev–Trinajstić information content (AvgIpc) is 3.04. The summed E-state index contributed by atoms with van der Waals surface area (Å²) in [5.74, 6) is 4.31. The number of hydrogen-bond acceptors (Lipinski definition) is 2. The summed E-state index contributed by atoms with van der Waals surface area (Å²) in [6, 6.07) is 0. The Labute approximate surface area is 185 Å². The van der Waals surface area contributed by atoms with E-state index >= 15 is 0 Å². The van der Waals surface area contributed by atoms with E-state index in [1.165, 1.54) is 31.3 Å². The fourth-order valence-corrected chi connectivity index (χ4v) is 8.24. The van der Waals surface area contributed by atoms with Gasteiger partial charge in [-0.15, -0.1) is 0 Å². The number of aliphatic hydroxyl groups excluding tert-OH is 2. The van der Waals surface area contributed by atoms with Crippen molar-refractivity contribution >= 4 is 0 Å². The quantitative estimate of drug-likeness (QED) is 0.524. The number of aliphatic hydroxyl groups is 2. The van der Waals surface area contributed by atoms with Gasteiger partial charge in [0.1, 0.15) is 0 Å². The Kier molecular flexibility index (Phi) is 6.08. The standard InChI is InChI=1S/C28H46O2/c1-17(2)18(3)7-8-19(4)22-9-10-23-26-24(12-14-28(22,23)6)27(5)13-11-21(29)15-20(27)16-25(26)30/h7-8,16-19,21-26,29-30H,9-15H2,1-6H3/b8-7+/t18-,19-,21+,22-,23+,24+,25+,26+,27+,28-/m1/s1. The second kappa shape index (κ2) is 8.07. The Bertz CT molecular complexity index is 693. The van der Waals surface area contributed by atoms with Crippen LogP contribution in [0.15, 0.2) is 23.8 Å². The molecule has 0 heterocycles. The van der Waals surface area contributed by atoms with Crippen molar-refractivity contribution in [2.75, 3.05) is 0 Å². The first-order valence-corrected chi connectivity index (χ1v) is 12.8. The summed E-state index contributed by atoms with van der Waals surface area (Å²) < 4.78 is 0. The number of allylic oxidation sites excluding steroid dienone is 2. The molecule has 4 aliphatic rings. The third kappa shape index (κ3) is 3.54. The summed E-state index contributed by atoms with van der Waals surface area (Å²) in [6.07, 6.45) is 14.5. The van der Waals surface area contributed by atoms with E-state index in [0.717, 1.165) is 25.2 Å². The minimum Gasteiger partial charge on any atom is -0.393 e. The second-order valence-corrected chi connectivity index (χ2v) is 12.4. The van der Waals surface area contributed by atoms with Crippen LogP contribution in [0.1, 0.15) is 86.5 Å².